The molecule has 1 heterocycles. The van der Waals surface area contributed by atoms with Crippen molar-refractivity contribution in [2.75, 3.05) is 5.43 Å². The first-order valence-electron chi connectivity index (χ1n) is 5.31. The van der Waals surface area contributed by atoms with Crippen molar-refractivity contribution in [3.05, 3.63) is 29.8 Å². The maximum Gasteiger partial charge on any atom is 0.335 e. The number of aromatic carboxylic acids is 1. The zero-order valence-corrected chi connectivity index (χ0v) is 9.64. The van der Waals surface area contributed by atoms with Crippen molar-refractivity contribution in [3.8, 4) is 0 Å². The Morgan fingerprint density at radius 2 is 1.74 bits per heavy atom. The van der Waals surface area contributed by atoms with Crippen LogP contribution in [0.5, 0.6) is 0 Å². The van der Waals surface area contributed by atoms with E-state index in [0.29, 0.717) is 5.69 Å². The second kappa shape index (κ2) is 5.17. The zero-order valence-electron chi connectivity index (χ0n) is 9.64. The molecule has 0 aliphatic carbocycles. The lowest BCUT2D eigenvalue weighted by molar-refractivity contribution is -0.129. The highest BCUT2D eigenvalue weighted by Gasteiger charge is 2.19. The molecule has 4 N–H and O–H groups in total. The summed E-state index contributed by atoms with van der Waals surface area (Å²) in [5.74, 6) is -1.90. The van der Waals surface area contributed by atoms with Crippen LogP contribution >= 0.6 is 0 Å². The predicted molar refractivity (Wildman–Crippen MR) is 65.4 cm³/mol. The number of guanidine groups is 1. The van der Waals surface area contributed by atoms with E-state index in [1.54, 1.807) is 0 Å². The van der Waals surface area contributed by atoms with Crippen LogP contribution in [-0.2, 0) is 9.59 Å². The van der Waals surface area contributed by atoms with Crippen LogP contribution in [0.3, 0.4) is 0 Å². The Kier molecular flexibility index (Phi) is 3.42. The number of nitrogens with one attached hydrogen (secondary N) is 3. The summed E-state index contributed by atoms with van der Waals surface area (Å²) in [5.41, 5.74) is 3.26. The molecule has 0 atom stereocenters. The fourth-order valence-corrected chi connectivity index (χ4v) is 1.39. The van der Waals surface area contributed by atoms with Crippen LogP contribution in [0.4, 0.5) is 5.69 Å². The van der Waals surface area contributed by atoms with Crippen LogP contribution in [0.1, 0.15) is 16.8 Å². The maximum absolute atomic E-state index is 11.1. The molecule has 19 heavy (non-hydrogen) atoms. The zero-order chi connectivity index (χ0) is 13.8. The van der Waals surface area contributed by atoms with E-state index < -0.39 is 17.8 Å². The lowest BCUT2D eigenvalue weighted by Gasteiger charge is -2.14. The number of rotatable bonds is 3. The van der Waals surface area contributed by atoms with Crippen LogP contribution in [0.15, 0.2) is 29.4 Å². The molecule has 1 aromatic carbocycles. The summed E-state index contributed by atoms with van der Waals surface area (Å²) in [5, 5.41) is 17.2. The molecular weight excluding hydrogens is 252 g/mol. The van der Waals surface area contributed by atoms with Crippen molar-refractivity contribution >= 4 is 29.4 Å². The Hall–Kier alpha value is -2.90. The molecule has 98 valence electrons. The fourth-order valence-electron chi connectivity index (χ4n) is 1.39. The predicted octanol–water partition coefficient (Wildman–Crippen LogP) is -0.296. The average Bonchev–Trinajstić information content (AvgIpc) is 2.36. The first kappa shape index (κ1) is 12.6. The maximum atomic E-state index is 11.1. The molecule has 1 fully saturated rings. The van der Waals surface area contributed by atoms with Gasteiger partial charge in [0.15, 0.2) is 0 Å². The number of carboxylic acids is 1. The van der Waals surface area contributed by atoms with Gasteiger partial charge < -0.3 is 5.11 Å². The minimum absolute atomic E-state index is 0.00330. The number of benzene rings is 1. The monoisotopic (exact) mass is 262 g/mol. The highest BCUT2D eigenvalue weighted by atomic mass is 16.4. The smallest absolute Gasteiger partial charge is 0.335 e. The van der Waals surface area contributed by atoms with Gasteiger partial charge in [-0.15, -0.1) is 5.10 Å². The fraction of sp³-hybridized carbons (Fsp3) is 0.0909. The normalized spacial score (nSPS) is 14.4. The van der Waals surface area contributed by atoms with E-state index in [0.717, 1.165) is 0 Å². The Bertz CT molecular complexity index is 547. The molecule has 1 aromatic rings. The van der Waals surface area contributed by atoms with Crippen molar-refractivity contribution in [1.82, 2.24) is 10.6 Å². The number of hydrogen-bond donors (Lipinski definition) is 4. The van der Waals surface area contributed by atoms with Crippen molar-refractivity contribution in [1.29, 1.82) is 0 Å². The van der Waals surface area contributed by atoms with Gasteiger partial charge in [0.25, 0.3) is 0 Å². The van der Waals surface area contributed by atoms with Gasteiger partial charge in [-0.3, -0.25) is 25.6 Å². The quantitative estimate of drug-likeness (QED) is 0.440. The topological polar surface area (TPSA) is 120 Å². The molecule has 0 aromatic heterocycles. The molecule has 0 spiro atoms. The summed E-state index contributed by atoms with van der Waals surface area (Å²) in [6, 6.07) is 5.84. The van der Waals surface area contributed by atoms with Gasteiger partial charge in [0.1, 0.15) is 6.42 Å². The Morgan fingerprint density at radius 1 is 1.16 bits per heavy atom. The van der Waals surface area contributed by atoms with Crippen molar-refractivity contribution < 1.29 is 19.5 Å². The highest BCUT2D eigenvalue weighted by molar-refractivity contribution is 6.15. The largest absolute Gasteiger partial charge is 0.478 e. The van der Waals surface area contributed by atoms with Gasteiger partial charge in [-0.1, -0.05) is 0 Å². The molecular formula is C11H10N4O4. The third-order valence-electron chi connectivity index (χ3n) is 2.27. The summed E-state index contributed by atoms with van der Waals surface area (Å²) >= 11 is 0. The molecule has 0 saturated carbocycles. The number of carbonyl (C=O) groups excluding carboxylic acids is 2. The van der Waals surface area contributed by atoms with Crippen molar-refractivity contribution in [2.45, 2.75) is 6.42 Å². The minimum atomic E-state index is -1.02. The Balaban J connectivity index is 2.03. The van der Waals surface area contributed by atoms with Gasteiger partial charge in [-0.2, -0.15) is 0 Å². The van der Waals surface area contributed by atoms with E-state index in [1.165, 1.54) is 24.3 Å². The molecule has 0 unspecified atom stereocenters. The van der Waals surface area contributed by atoms with Gasteiger partial charge in [-0.25, -0.2) is 4.79 Å². The number of amides is 2. The Morgan fingerprint density at radius 3 is 2.26 bits per heavy atom. The number of carboxylic acid groups (broad SMARTS) is 1. The van der Waals surface area contributed by atoms with Gasteiger partial charge in [0.05, 0.1) is 11.3 Å². The lowest BCUT2D eigenvalue weighted by Crippen LogP contribution is -2.51. The number of carbonyl (C=O) groups is 3. The standard InChI is InChI=1S/C11H10N4O4/c16-8-5-9(17)13-11(12-8)15-14-7-3-1-6(2-4-7)10(18)19/h1-4,14H,5H2,(H,18,19)(H2,12,13,15,16,17). The van der Waals surface area contributed by atoms with Gasteiger partial charge in [0.2, 0.25) is 17.8 Å². The van der Waals surface area contributed by atoms with E-state index in [2.05, 4.69) is 21.2 Å². The van der Waals surface area contributed by atoms with Gasteiger partial charge in [0, 0.05) is 0 Å². The van der Waals surface area contributed by atoms with E-state index >= 15 is 0 Å². The van der Waals surface area contributed by atoms with Gasteiger partial charge in [-0.05, 0) is 24.3 Å². The van der Waals surface area contributed by atoms with Gasteiger partial charge >= 0.3 is 5.97 Å². The van der Waals surface area contributed by atoms with Crippen molar-refractivity contribution in [3.63, 3.8) is 0 Å². The summed E-state index contributed by atoms with van der Waals surface area (Å²) in [4.78, 5) is 32.8. The molecule has 0 radical (unpaired) electrons. The molecule has 8 nitrogen and oxygen atoms in total. The first-order chi connectivity index (χ1) is 9.04. The van der Waals surface area contributed by atoms with Crippen LogP contribution < -0.4 is 16.1 Å². The molecule has 1 aliphatic rings. The Labute approximate surface area is 107 Å². The summed E-state index contributed by atoms with van der Waals surface area (Å²) < 4.78 is 0. The van der Waals surface area contributed by atoms with E-state index in [-0.39, 0.29) is 17.9 Å². The second-order valence-electron chi connectivity index (χ2n) is 3.73. The second-order valence-corrected chi connectivity index (χ2v) is 3.73. The summed E-state index contributed by atoms with van der Waals surface area (Å²) in [6.45, 7) is 0. The van der Waals surface area contributed by atoms with E-state index in [4.69, 9.17) is 5.11 Å². The molecule has 2 rings (SSSR count). The minimum Gasteiger partial charge on any atom is -0.478 e. The molecule has 1 aliphatic heterocycles. The van der Waals surface area contributed by atoms with Crippen molar-refractivity contribution in [2.24, 2.45) is 5.10 Å². The average molecular weight is 262 g/mol. The summed E-state index contributed by atoms with van der Waals surface area (Å²) in [6.07, 6.45) is -0.230. The molecule has 2 amide bonds. The van der Waals surface area contributed by atoms with Crippen LogP contribution in [0, 0.1) is 0 Å². The SMILES string of the molecule is O=C1CC(=O)NC(=NNc2ccc(C(=O)O)cc2)N1. The molecule has 1 saturated heterocycles. The third kappa shape index (κ3) is 3.28. The van der Waals surface area contributed by atoms with Crippen LogP contribution in [0.2, 0.25) is 0 Å². The molecule has 8 heteroatoms. The van der Waals surface area contributed by atoms with Crippen LogP contribution in [-0.4, -0.2) is 28.8 Å². The lowest BCUT2D eigenvalue weighted by atomic mass is 10.2. The van der Waals surface area contributed by atoms with E-state index in [1.807, 2.05) is 0 Å². The number of anilines is 1. The number of hydrogen-bond acceptors (Lipinski definition) is 5. The molecule has 0 bridgehead atoms. The van der Waals surface area contributed by atoms with E-state index in [9.17, 15) is 14.4 Å². The number of hydrazone groups is 1. The summed E-state index contributed by atoms with van der Waals surface area (Å²) in [7, 11) is 0. The highest BCUT2D eigenvalue weighted by Crippen LogP contribution is 2.09. The first-order valence-corrected chi connectivity index (χ1v) is 5.31. The third-order valence-corrected chi connectivity index (χ3v) is 2.27. The van der Waals surface area contributed by atoms with Crippen LogP contribution in [0.25, 0.3) is 0 Å². The number of nitrogens with zero attached hydrogens (tertiary/aromatic N) is 1.